The summed E-state index contributed by atoms with van der Waals surface area (Å²) < 4.78 is 51.8. The molecule has 1 N–H and O–H groups in total. The van der Waals surface area contributed by atoms with E-state index in [1.54, 1.807) is 0 Å². The van der Waals surface area contributed by atoms with Gasteiger partial charge in [-0.1, -0.05) is 26.7 Å². The number of aryl methyl sites for hydroxylation is 2. The zero-order valence-electron chi connectivity index (χ0n) is 16.7. The molecule has 1 heterocycles. The van der Waals surface area contributed by atoms with Crippen LogP contribution in [0.5, 0.6) is 5.75 Å². The monoisotopic (exact) mass is 413 g/mol. The van der Waals surface area contributed by atoms with Gasteiger partial charge in [0.1, 0.15) is 11.3 Å². The van der Waals surface area contributed by atoms with Crippen molar-refractivity contribution in [2.45, 2.75) is 58.5 Å². The quantitative estimate of drug-likeness (QED) is 0.332. The summed E-state index contributed by atoms with van der Waals surface area (Å²) >= 11 is 0. The topological polar surface area (TPSA) is 68.5 Å². The zero-order chi connectivity index (χ0) is 21.4. The summed E-state index contributed by atoms with van der Waals surface area (Å²) in [6.07, 6.45) is -0.281. The Balaban J connectivity index is 2.55. The van der Waals surface area contributed by atoms with Crippen LogP contribution in [0.15, 0.2) is 21.3 Å². The first-order valence-electron chi connectivity index (χ1n) is 9.83. The summed E-state index contributed by atoms with van der Waals surface area (Å²) in [7, 11) is 0. The molecule has 160 valence electrons. The van der Waals surface area contributed by atoms with Gasteiger partial charge < -0.3 is 14.5 Å². The number of carbonyl (C=O) groups is 1. The lowest BCUT2D eigenvalue weighted by molar-refractivity contribution is -0.136. The lowest BCUT2D eigenvalue weighted by Gasteiger charge is -2.19. The molecule has 0 saturated heterocycles. The first kappa shape index (κ1) is 22.8. The van der Waals surface area contributed by atoms with Gasteiger partial charge in [0.25, 0.3) is 0 Å². The van der Waals surface area contributed by atoms with Gasteiger partial charge in [-0.25, -0.2) is 4.79 Å². The molecule has 0 bridgehead atoms. The average Bonchev–Trinajstić information content (AvgIpc) is 2.65. The van der Waals surface area contributed by atoms with Gasteiger partial charge in [0.2, 0.25) is 6.41 Å². The third kappa shape index (κ3) is 5.74. The number of carbonyl (C=O) groups excluding carboxylic acids is 1. The van der Waals surface area contributed by atoms with E-state index >= 15 is 0 Å². The van der Waals surface area contributed by atoms with Crippen molar-refractivity contribution in [3.63, 3.8) is 0 Å². The molecule has 1 amide bonds. The average molecular weight is 413 g/mol. The maximum Gasteiger partial charge on any atom is 0.417 e. The van der Waals surface area contributed by atoms with Gasteiger partial charge in [-0.05, 0) is 37.3 Å². The Morgan fingerprint density at radius 2 is 1.86 bits per heavy atom. The van der Waals surface area contributed by atoms with Gasteiger partial charge in [-0.15, -0.1) is 0 Å². The van der Waals surface area contributed by atoms with Crippen molar-refractivity contribution in [2.75, 3.05) is 13.2 Å². The Hall–Kier alpha value is -2.51. The summed E-state index contributed by atoms with van der Waals surface area (Å²) in [5.74, 6) is 0.507. The number of rotatable bonds is 11. The maximum atomic E-state index is 13.5. The molecule has 0 unspecified atom stereocenters. The van der Waals surface area contributed by atoms with Gasteiger partial charge in [-0.2, -0.15) is 13.2 Å². The number of amides is 1. The highest BCUT2D eigenvalue weighted by Crippen LogP contribution is 2.40. The number of ether oxygens (including phenoxy) is 1. The number of hydrogen-bond donors (Lipinski definition) is 1. The van der Waals surface area contributed by atoms with Crippen LogP contribution in [0.25, 0.3) is 11.0 Å². The zero-order valence-corrected chi connectivity index (χ0v) is 16.7. The predicted octanol–water partition coefficient (Wildman–Crippen LogP) is 4.62. The number of hydrogen-bond acceptors (Lipinski definition) is 4. The fourth-order valence-electron chi connectivity index (χ4n) is 3.32. The van der Waals surface area contributed by atoms with Crippen molar-refractivity contribution in [3.8, 4) is 5.75 Å². The molecule has 2 aromatic rings. The molecular formula is C21H26F3NO4. The van der Waals surface area contributed by atoms with Gasteiger partial charge in [-0.3, -0.25) is 4.79 Å². The molecule has 2 rings (SSSR count). The number of benzene rings is 1. The molecular weight excluding hydrogens is 387 g/mol. The second-order valence-corrected chi connectivity index (χ2v) is 6.82. The van der Waals surface area contributed by atoms with Crippen molar-refractivity contribution in [2.24, 2.45) is 0 Å². The van der Waals surface area contributed by atoms with E-state index in [9.17, 15) is 22.8 Å². The summed E-state index contributed by atoms with van der Waals surface area (Å²) in [4.78, 5) is 22.1. The third-order valence-corrected chi connectivity index (χ3v) is 4.53. The Bertz CT molecular complexity index is 890. The molecule has 5 nitrogen and oxygen atoms in total. The fourth-order valence-corrected chi connectivity index (χ4v) is 3.32. The van der Waals surface area contributed by atoms with Crippen LogP contribution in [-0.4, -0.2) is 19.6 Å². The van der Waals surface area contributed by atoms with Crippen molar-refractivity contribution in [3.05, 3.63) is 39.2 Å². The highest BCUT2D eigenvalue weighted by atomic mass is 19.4. The largest absolute Gasteiger partial charge is 0.493 e. The van der Waals surface area contributed by atoms with Gasteiger partial charge >= 0.3 is 11.8 Å². The van der Waals surface area contributed by atoms with Crippen molar-refractivity contribution in [1.82, 2.24) is 5.32 Å². The Morgan fingerprint density at radius 3 is 2.48 bits per heavy atom. The second kappa shape index (κ2) is 10.3. The number of fused-ring (bicyclic) bond motifs is 1. The Labute approximate surface area is 167 Å². The van der Waals surface area contributed by atoms with Gasteiger partial charge in [0.15, 0.2) is 0 Å². The predicted molar refractivity (Wildman–Crippen MR) is 104 cm³/mol. The standard InChI is InChI=1S/C21H26F3NO4/c1-3-7-14-11-16-17(21(22,23)24)12-18(27)29-20(16)15(8-4-2)19(14)28-10-6-5-9-25-13-26/h11-13H,3-10H2,1-2H3,(H,25,26). The molecule has 1 aromatic carbocycles. The number of unbranched alkanes of at least 4 members (excludes halogenated alkanes) is 1. The summed E-state index contributed by atoms with van der Waals surface area (Å²) in [6, 6.07) is 1.95. The van der Waals surface area contributed by atoms with Crippen molar-refractivity contribution < 1.29 is 27.1 Å². The first-order chi connectivity index (χ1) is 13.8. The van der Waals surface area contributed by atoms with Crippen LogP contribution in [0.3, 0.4) is 0 Å². The van der Waals surface area contributed by atoms with Crippen LogP contribution in [-0.2, 0) is 23.8 Å². The van der Waals surface area contributed by atoms with E-state index in [4.69, 9.17) is 9.15 Å². The van der Waals surface area contributed by atoms with Crippen LogP contribution in [0.4, 0.5) is 13.2 Å². The lowest BCUT2D eigenvalue weighted by atomic mass is 9.96. The minimum Gasteiger partial charge on any atom is -0.493 e. The maximum absolute atomic E-state index is 13.5. The van der Waals surface area contributed by atoms with E-state index in [0.29, 0.717) is 74.6 Å². The Morgan fingerprint density at radius 1 is 1.14 bits per heavy atom. The molecule has 29 heavy (non-hydrogen) atoms. The molecule has 0 spiro atoms. The normalized spacial score (nSPS) is 11.6. The molecule has 0 saturated carbocycles. The first-order valence-corrected chi connectivity index (χ1v) is 9.83. The smallest absolute Gasteiger partial charge is 0.417 e. The number of halogens is 3. The molecule has 0 radical (unpaired) electrons. The molecule has 1 aromatic heterocycles. The van der Waals surface area contributed by atoms with Crippen LogP contribution in [0.2, 0.25) is 0 Å². The van der Waals surface area contributed by atoms with Crippen LogP contribution >= 0.6 is 0 Å². The lowest BCUT2D eigenvalue weighted by Crippen LogP contribution is -2.14. The summed E-state index contributed by atoms with van der Waals surface area (Å²) in [6.45, 7) is 4.72. The molecule has 8 heteroatoms. The molecule has 0 atom stereocenters. The highest BCUT2D eigenvalue weighted by Gasteiger charge is 2.35. The van der Waals surface area contributed by atoms with Crippen LogP contribution in [0.1, 0.15) is 56.2 Å². The molecule has 0 fully saturated rings. The van der Waals surface area contributed by atoms with E-state index in [2.05, 4.69) is 5.32 Å². The van der Waals surface area contributed by atoms with E-state index in [0.717, 1.165) is 6.42 Å². The minimum absolute atomic E-state index is 0.0517. The van der Waals surface area contributed by atoms with E-state index in [1.165, 1.54) is 6.07 Å². The highest BCUT2D eigenvalue weighted by molar-refractivity contribution is 5.87. The van der Waals surface area contributed by atoms with Gasteiger partial charge in [0.05, 0.1) is 12.2 Å². The van der Waals surface area contributed by atoms with Crippen LogP contribution in [0, 0.1) is 0 Å². The minimum atomic E-state index is -4.66. The van der Waals surface area contributed by atoms with Crippen molar-refractivity contribution in [1.29, 1.82) is 0 Å². The summed E-state index contributed by atoms with van der Waals surface area (Å²) in [5, 5.41) is 2.46. The van der Waals surface area contributed by atoms with Crippen LogP contribution < -0.4 is 15.7 Å². The third-order valence-electron chi connectivity index (χ3n) is 4.53. The fraction of sp³-hybridized carbons (Fsp3) is 0.524. The van der Waals surface area contributed by atoms with Gasteiger partial charge in [0, 0.05) is 23.6 Å². The second-order valence-electron chi connectivity index (χ2n) is 6.82. The number of nitrogens with one attached hydrogen (secondary N) is 1. The summed E-state index contributed by atoms with van der Waals surface area (Å²) in [5.41, 5.74) is -0.887. The SMILES string of the molecule is CCCc1cc2c(C(F)(F)F)cc(=O)oc2c(CCC)c1OCCCCNC=O. The Kier molecular flexibility index (Phi) is 8.10. The molecule has 0 aliphatic rings. The number of alkyl halides is 3. The molecule has 0 aliphatic carbocycles. The van der Waals surface area contributed by atoms with Crippen molar-refractivity contribution >= 4 is 17.4 Å². The van der Waals surface area contributed by atoms with E-state index in [-0.39, 0.29) is 11.0 Å². The molecule has 0 aliphatic heterocycles. The van der Waals surface area contributed by atoms with E-state index in [1.807, 2.05) is 13.8 Å². The van der Waals surface area contributed by atoms with E-state index < -0.39 is 17.4 Å².